The third-order valence-corrected chi connectivity index (χ3v) is 3.73. The number of carbonyl (C=O) groups is 1. The summed E-state index contributed by atoms with van der Waals surface area (Å²) in [5.41, 5.74) is 0.527. The van der Waals surface area contributed by atoms with Gasteiger partial charge in [-0.2, -0.15) is 0 Å². The Morgan fingerprint density at radius 3 is 2.57 bits per heavy atom. The molecule has 1 fully saturated rings. The first kappa shape index (κ1) is 17.3. The number of aromatic nitrogens is 1. The van der Waals surface area contributed by atoms with Gasteiger partial charge in [-0.1, -0.05) is 12.0 Å². The largest absolute Gasteiger partial charge is 0.444 e. The summed E-state index contributed by atoms with van der Waals surface area (Å²) in [6, 6.07) is 5.86. The van der Waals surface area contributed by atoms with E-state index in [0.29, 0.717) is 13.1 Å². The average Bonchev–Trinajstić information content (AvgIpc) is 2.52. The number of hydrogen-bond acceptors (Lipinski definition) is 4. The number of rotatable bonds is 3. The van der Waals surface area contributed by atoms with E-state index >= 15 is 0 Å². The molecule has 0 radical (unpaired) electrons. The van der Waals surface area contributed by atoms with E-state index in [9.17, 15) is 4.79 Å². The lowest BCUT2D eigenvalue weighted by Gasteiger charge is -2.37. The molecule has 1 aromatic rings. The zero-order valence-corrected chi connectivity index (χ0v) is 14.2. The molecule has 0 aromatic carbocycles. The van der Waals surface area contributed by atoms with Crippen LogP contribution in [0, 0.1) is 12.3 Å². The first-order valence-corrected chi connectivity index (χ1v) is 7.97. The molecule has 0 saturated carbocycles. The molecule has 1 aliphatic heterocycles. The minimum atomic E-state index is -0.464. The number of hydrogen-bond donors (Lipinski definition) is 0. The van der Waals surface area contributed by atoms with E-state index in [2.05, 4.69) is 15.8 Å². The number of nitrogens with zero attached hydrogens (tertiary/aromatic N) is 3. The summed E-state index contributed by atoms with van der Waals surface area (Å²) in [6.07, 6.45) is 7.96. The van der Waals surface area contributed by atoms with Crippen LogP contribution in [0.1, 0.15) is 26.5 Å². The Morgan fingerprint density at radius 2 is 2.04 bits per heavy atom. The van der Waals surface area contributed by atoms with Gasteiger partial charge < -0.3 is 9.64 Å². The summed E-state index contributed by atoms with van der Waals surface area (Å²) in [5.74, 6) is 2.85. The van der Waals surface area contributed by atoms with Crippen LogP contribution in [-0.4, -0.2) is 58.7 Å². The Kier molecular flexibility index (Phi) is 5.62. The first-order chi connectivity index (χ1) is 10.9. The Balaban J connectivity index is 1.87. The minimum Gasteiger partial charge on any atom is -0.444 e. The first-order valence-electron chi connectivity index (χ1n) is 7.97. The Bertz CT molecular complexity index is 552. The SMILES string of the molecule is C#CC(Cc1ccccn1)N1CCN(C(=O)OC(C)(C)C)CC1. The lowest BCUT2D eigenvalue weighted by molar-refractivity contribution is 0.0126. The van der Waals surface area contributed by atoms with Crippen LogP contribution in [-0.2, 0) is 11.2 Å². The summed E-state index contributed by atoms with van der Waals surface area (Å²) in [6.45, 7) is 8.40. The number of ether oxygens (including phenoxy) is 1. The summed E-state index contributed by atoms with van der Waals surface area (Å²) < 4.78 is 5.41. The van der Waals surface area contributed by atoms with Crippen molar-refractivity contribution in [1.29, 1.82) is 0 Å². The zero-order chi connectivity index (χ0) is 16.9. The molecule has 0 N–H and O–H groups in total. The summed E-state index contributed by atoms with van der Waals surface area (Å²) in [4.78, 5) is 20.4. The highest BCUT2D eigenvalue weighted by Crippen LogP contribution is 2.14. The third-order valence-electron chi connectivity index (χ3n) is 3.73. The van der Waals surface area contributed by atoms with Crippen LogP contribution in [0.2, 0.25) is 0 Å². The molecular weight excluding hydrogens is 290 g/mol. The Labute approximate surface area is 138 Å². The van der Waals surface area contributed by atoms with Crippen LogP contribution in [0.3, 0.4) is 0 Å². The van der Waals surface area contributed by atoms with E-state index in [1.807, 2.05) is 39.0 Å². The number of piperazine rings is 1. The van der Waals surface area contributed by atoms with Crippen molar-refractivity contribution in [2.75, 3.05) is 26.2 Å². The summed E-state index contributed by atoms with van der Waals surface area (Å²) >= 11 is 0. The van der Waals surface area contributed by atoms with Crippen molar-refractivity contribution < 1.29 is 9.53 Å². The number of terminal acetylenes is 1. The molecule has 23 heavy (non-hydrogen) atoms. The smallest absolute Gasteiger partial charge is 0.410 e. The molecular formula is C18H25N3O2. The maximum atomic E-state index is 12.1. The second kappa shape index (κ2) is 7.47. The third kappa shape index (κ3) is 5.26. The van der Waals surface area contributed by atoms with Gasteiger partial charge >= 0.3 is 6.09 Å². The van der Waals surface area contributed by atoms with E-state index in [0.717, 1.165) is 25.2 Å². The normalized spacial score (nSPS) is 17.4. The van der Waals surface area contributed by atoms with E-state index in [1.165, 1.54) is 0 Å². The van der Waals surface area contributed by atoms with Gasteiger partial charge in [0.25, 0.3) is 0 Å². The second-order valence-electron chi connectivity index (χ2n) is 6.71. The molecule has 1 amide bonds. The maximum absolute atomic E-state index is 12.1. The van der Waals surface area contributed by atoms with Gasteiger partial charge in [-0.05, 0) is 32.9 Å². The van der Waals surface area contributed by atoms with E-state index in [4.69, 9.17) is 11.2 Å². The summed E-state index contributed by atoms with van der Waals surface area (Å²) in [5, 5.41) is 0. The quantitative estimate of drug-likeness (QED) is 0.802. The van der Waals surface area contributed by atoms with Crippen molar-refractivity contribution in [2.45, 2.75) is 38.8 Å². The molecule has 1 atom stereocenters. The van der Waals surface area contributed by atoms with Crippen molar-refractivity contribution in [3.8, 4) is 12.3 Å². The van der Waals surface area contributed by atoms with Gasteiger partial charge in [0.05, 0.1) is 6.04 Å². The molecule has 1 unspecified atom stereocenters. The summed E-state index contributed by atoms with van der Waals surface area (Å²) in [7, 11) is 0. The monoisotopic (exact) mass is 315 g/mol. The molecule has 5 nitrogen and oxygen atoms in total. The van der Waals surface area contributed by atoms with Gasteiger partial charge in [-0.25, -0.2) is 4.79 Å². The molecule has 1 aliphatic rings. The highest BCUT2D eigenvalue weighted by atomic mass is 16.6. The number of pyridine rings is 1. The van der Waals surface area contributed by atoms with E-state index in [1.54, 1.807) is 11.1 Å². The van der Waals surface area contributed by atoms with Gasteiger partial charge in [0, 0.05) is 44.5 Å². The second-order valence-corrected chi connectivity index (χ2v) is 6.71. The molecule has 1 aromatic heterocycles. The lowest BCUT2D eigenvalue weighted by atomic mass is 10.1. The van der Waals surface area contributed by atoms with Crippen molar-refractivity contribution in [3.05, 3.63) is 30.1 Å². The number of carbonyl (C=O) groups excluding carboxylic acids is 1. The molecule has 1 saturated heterocycles. The van der Waals surface area contributed by atoms with E-state index < -0.39 is 5.60 Å². The minimum absolute atomic E-state index is 0.00527. The molecule has 2 heterocycles. The highest BCUT2D eigenvalue weighted by molar-refractivity contribution is 5.68. The van der Waals surface area contributed by atoms with Crippen LogP contribution in [0.4, 0.5) is 4.79 Å². The molecule has 0 spiro atoms. The molecule has 2 rings (SSSR count). The fourth-order valence-electron chi connectivity index (χ4n) is 2.55. The average molecular weight is 315 g/mol. The van der Waals surface area contributed by atoms with Gasteiger partial charge in [0.1, 0.15) is 5.60 Å². The Morgan fingerprint density at radius 1 is 1.35 bits per heavy atom. The fourth-order valence-corrected chi connectivity index (χ4v) is 2.55. The van der Waals surface area contributed by atoms with Gasteiger partial charge in [-0.15, -0.1) is 6.42 Å². The van der Waals surface area contributed by atoms with Crippen LogP contribution in [0.5, 0.6) is 0 Å². The maximum Gasteiger partial charge on any atom is 0.410 e. The Hall–Kier alpha value is -2.06. The van der Waals surface area contributed by atoms with Gasteiger partial charge in [0.2, 0.25) is 0 Å². The van der Waals surface area contributed by atoms with Crippen molar-refractivity contribution in [3.63, 3.8) is 0 Å². The fraction of sp³-hybridized carbons (Fsp3) is 0.556. The molecule has 124 valence electrons. The van der Waals surface area contributed by atoms with Crippen molar-refractivity contribution in [1.82, 2.24) is 14.8 Å². The van der Waals surface area contributed by atoms with Crippen LogP contribution in [0.15, 0.2) is 24.4 Å². The lowest BCUT2D eigenvalue weighted by Crippen LogP contribution is -2.53. The predicted molar refractivity (Wildman–Crippen MR) is 89.9 cm³/mol. The van der Waals surface area contributed by atoms with Crippen LogP contribution >= 0.6 is 0 Å². The van der Waals surface area contributed by atoms with E-state index in [-0.39, 0.29) is 12.1 Å². The van der Waals surface area contributed by atoms with Gasteiger partial charge in [-0.3, -0.25) is 9.88 Å². The van der Waals surface area contributed by atoms with Gasteiger partial charge in [0.15, 0.2) is 0 Å². The highest BCUT2D eigenvalue weighted by Gasteiger charge is 2.28. The van der Waals surface area contributed by atoms with Crippen LogP contribution < -0.4 is 0 Å². The topological polar surface area (TPSA) is 45.7 Å². The zero-order valence-electron chi connectivity index (χ0n) is 14.2. The van der Waals surface area contributed by atoms with Crippen molar-refractivity contribution >= 4 is 6.09 Å². The molecule has 0 aliphatic carbocycles. The van der Waals surface area contributed by atoms with Crippen LogP contribution in [0.25, 0.3) is 0 Å². The number of amides is 1. The molecule has 0 bridgehead atoms. The molecule has 5 heteroatoms. The predicted octanol–water partition coefficient (Wildman–Crippen LogP) is 2.18. The standard InChI is InChI=1S/C18H25N3O2/c1-5-16(14-15-8-6-7-9-19-15)20-10-12-21(13-11-20)17(22)23-18(2,3)4/h1,6-9,16H,10-14H2,2-4H3. The van der Waals surface area contributed by atoms with Crippen molar-refractivity contribution in [2.24, 2.45) is 0 Å².